The maximum Gasteiger partial charge on any atom is 0.337 e. The summed E-state index contributed by atoms with van der Waals surface area (Å²) in [5, 5.41) is 5.59. The van der Waals surface area contributed by atoms with Gasteiger partial charge in [-0.1, -0.05) is 24.3 Å². The highest BCUT2D eigenvalue weighted by Crippen LogP contribution is 2.16. The standard InChI is InChI=1S/C20H17FN4O3/c1-28-20(27)13-6-4-7-15(9-13)25-18-12-22-17(11-23-18)19(26)24-10-14-5-2-3-8-16(14)21/h2-9,11-12H,10H2,1H3,(H,23,25)(H,24,26). The molecule has 2 aromatic carbocycles. The van der Waals surface area contributed by atoms with Crippen LogP contribution < -0.4 is 10.6 Å². The summed E-state index contributed by atoms with van der Waals surface area (Å²) >= 11 is 0. The number of nitrogens with one attached hydrogen (secondary N) is 2. The summed E-state index contributed by atoms with van der Waals surface area (Å²) in [6.07, 6.45) is 2.70. The molecule has 1 aromatic heterocycles. The lowest BCUT2D eigenvalue weighted by molar-refractivity contribution is 0.0600. The van der Waals surface area contributed by atoms with Crippen LogP contribution in [0.5, 0.6) is 0 Å². The number of rotatable bonds is 6. The molecular weight excluding hydrogens is 363 g/mol. The molecular formula is C20H17FN4O3. The number of nitrogens with zero attached hydrogens (tertiary/aromatic N) is 2. The van der Waals surface area contributed by atoms with Crippen LogP contribution >= 0.6 is 0 Å². The number of carbonyl (C=O) groups excluding carboxylic acids is 2. The molecule has 0 saturated carbocycles. The van der Waals surface area contributed by atoms with Crippen LogP contribution in [0.3, 0.4) is 0 Å². The topological polar surface area (TPSA) is 93.2 Å². The van der Waals surface area contributed by atoms with E-state index >= 15 is 0 Å². The fourth-order valence-electron chi connectivity index (χ4n) is 2.41. The van der Waals surface area contributed by atoms with Gasteiger partial charge in [0.05, 0.1) is 25.1 Å². The van der Waals surface area contributed by atoms with Crippen LogP contribution in [0.4, 0.5) is 15.9 Å². The molecule has 1 heterocycles. The van der Waals surface area contributed by atoms with Crippen LogP contribution in [0.1, 0.15) is 26.4 Å². The first-order chi connectivity index (χ1) is 13.6. The van der Waals surface area contributed by atoms with Gasteiger partial charge >= 0.3 is 5.97 Å². The molecule has 3 rings (SSSR count). The van der Waals surface area contributed by atoms with Gasteiger partial charge in [0.15, 0.2) is 0 Å². The van der Waals surface area contributed by atoms with Crippen molar-refractivity contribution in [3.8, 4) is 0 Å². The van der Waals surface area contributed by atoms with Crippen molar-refractivity contribution in [1.82, 2.24) is 15.3 Å². The number of halogens is 1. The summed E-state index contributed by atoms with van der Waals surface area (Å²) in [7, 11) is 1.31. The van der Waals surface area contributed by atoms with E-state index in [9.17, 15) is 14.0 Å². The lowest BCUT2D eigenvalue weighted by atomic mass is 10.2. The van der Waals surface area contributed by atoms with Crippen molar-refractivity contribution >= 4 is 23.4 Å². The summed E-state index contributed by atoms with van der Waals surface area (Å²) in [5.41, 5.74) is 1.50. The van der Waals surface area contributed by atoms with Crippen molar-refractivity contribution in [3.05, 3.63) is 83.6 Å². The van der Waals surface area contributed by atoms with E-state index in [4.69, 9.17) is 0 Å². The molecule has 0 radical (unpaired) electrons. The first kappa shape index (κ1) is 19.0. The van der Waals surface area contributed by atoms with E-state index in [-0.39, 0.29) is 18.1 Å². The maximum absolute atomic E-state index is 13.6. The average Bonchev–Trinajstić information content (AvgIpc) is 2.73. The lowest BCUT2D eigenvalue weighted by Crippen LogP contribution is -2.24. The van der Waals surface area contributed by atoms with Gasteiger partial charge in [-0.25, -0.2) is 19.2 Å². The Balaban J connectivity index is 1.62. The van der Waals surface area contributed by atoms with Crippen LogP contribution in [0.2, 0.25) is 0 Å². The molecule has 0 unspecified atom stereocenters. The first-order valence-electron chi connectivity index (χ1n) is 8.36. The average molecular weight is 380 g/mol. The Kier molecular flexibility index (Phi) is 5.91. The second kappa shape index (κ2) is 8.72. The summed E-state index contributed by atoms with van der Waals surface area (Å²) in [4.78, 5) is 31.9. The predicted octanol–water partition coefficient (Wildman–Crippen LogP) is 3.08. The monoisotopic (exact) mass is 380 g/mol. The van der Waals surface area contributed by atoms with Crippen molar-refractivity contribution in [3.63, 3.8) is 0 Å². The number of amides is 1. The molecule has 0 saturated heterocycles. The number of methoxy groups -OCH3 is 1. The van der Waals surface area contributed by atoms with Gasteiger partial charge in [-0.2, -0.15) is 0 Å². The number of anilines is 2. The van der Waals surface area contributed by atoms with E-state index < -0.39 is 11.9 Å². The quantitative estimate of drug-likeness (QED) is 0.639. The highest BCUT2D eigenvalue weighted by atomic mass is 19.1. The zero-order chi connectivity index (χ0) is 19.9. The fourth-order valence-corrected chi connectivity index (χ4v) is 2.41. The van der Waals surface area contributed by atoms with Crippen LogP contribution in [0.25, 0.3) is 0 Å². The van der Waals surface area contributed by atoms with E-state index in [0.29, 0.717) is 22.6 Å². The first-order valence-corrected chi connectivity index (χ1v) is 8.36. The minimum atomic E-state index is -0.463. The molecule has 3 aromatic rings. The second-order valence-corrected chi connectivity index (χ2v) is 5.76. The smallest absolute Gasteiger partial charge is 0.337 e. The van der Waals surface area contributed by atoms with E-state index in [1.54, 1.807) is 42.5 Å². The molecule has 7 nitrogen and oxygen atoms in total. The van der Waals surface area contributed by atoms with Crippen LogP contribution in [-0.4, -0.2) is 29.0 Å². The van der Waals surface area contributed by atoms with Gasteiger partial charge in [0.25, 0.3) is 5.91 Å². The number of hydrogen-bond acceptors (Lipinski definition) is 6. The number of esters is 1. The molecule has 0 aliphatic rings. The largest absolute Gasteiger partial charge is 0.465 e. The van der Waals surface area contributed by atoms with Gasteiger partial charge in [-0.15, -0.1) is 0 Å². The number of aromatic nitrogens is 2. The molecule has 0 spiro atoms. The molecule has 0 bridgehead atoms. The third kappa shape index (κ3) is 4.67. The van der Waals surface area contributed by atoms with Crippen molar-refractivity contribution in [2.45, 2.75) is 6.54 Å². The third-order valence-electron chi connectivity index (χ3n) is 3.84. The van der Waals surface area contributed by atoms with E-state index in [0.717, 1.165) is 0 Å². The Labute approximate surface area is 160 Å². The van der Waals surface area contributed by atoms with Crippen LogP contribution in [0, 0.1) is 5.82 Å². The maximum atomic E-state index is 13.6. The zero-order valence-electron chi connectivity index (χ0n) is 15.0. The van der Waals surface area contributed by atoms with Crippen molar-refractivity contribution in [2.24, 2.45) is 0 Å². The molecule has 8 heteroatoms. The van der Waals surface area contributed by atoms with Crippen LogP contribution in [-0.2, 0) is 11.3 Å². The predicted molar refractivity (Wildman–Crippen MR) is 101 cm³/mol. The van der Waals surface area contributed by atoms with E-state index in [1.165, 1.54) is 25.6 Å². The highest BCUT2D eigenvalue weighted by Gasteiger charge is 2.10. The summed E-state index contributed by atoms with van der Waals surface area (Å²) in [6, 6.07) is 12.9. The Morgan fingerprint density at radius 3 is 2.61 bits per heavy atom. The van der Waals surface area contributed by atoms with Gasteiger partial charge in [-0.3, -0.25) is 4.79 Å². The number of hydrogen-bond donors (Lipinski definition) is 2. The molecule has 0 atom stereocenters. The second-order valence-electron chi connectivity index (χ2n) is 5.76. The number of ether oxygens (including phenoxy) is 1. The zero-order valence-corrected chi connectivity index (χ0v) is 15.0. The molecule has 28 heavy (non-hydrogen) atoms. The molecule has 142 valence electrons. The Hall–Kier alpha value is -3.81. The van der Waals surface area contributed by atoms with Gasteiger partial charge in [0, 0.05) is 17.8 Å². The fraction of sp³-hybridized carbons (Fsp3) is 0.100. The molecule has 2 N–H and O–H groups in total. The minimum Gasteiger partial charge on any atom is -0.465 e. The SMILES string of the molecule is COC(=O)c1cccc(Nc2cnc(C(=O)NCc3ccccc3F)cn2)c1. The number of benzene rings is 2. The Bertz CT molecular complexity index is 993. The normalized spacial score (nSPS) is 10.2. The molecule has 1 amide bonds. The van der Waals surface area contributed by atoms with Gasteiger partial charge in [0.1, 0.15) is 17.3 Å². The number of carbonyl (C=O) groups is 2. The van der Waals surface area contributed by atoms with Crippen molar-refractivity contribution < 1.29 is 18.7 Å². The Morgan fingerprint density at radius 1 is 1.07 bits per heavy atom. The third-order valence-corrected chi connectivity index (χ3v) is 3.84. The Morgan fingerprint density at radius 2 is 1.89 bits per heavy atom. The van der Waals surface area contributed by atoms with E-state index in [2.05, 4.69) is 25.3 Å². The van der Waals surface area contributed by atoms with Gasteiger partial charge in [0.2, 0.25) is 0 Å². The molecule has 0 fully saturated rings. The lowest BCUT2D eigenvalue weighted by Gasteiger charge is -2.08. The van der Waals surface area contributed by atoms with Crippen molar-refractivity contribution in [2.75, 3.05) is 12.4 Å². The van der Waals surface area contributed by atoms with Crippen molar-refractivity contribution in [1.29, 1.82) is 0 Å². The molecule has 0 aliphatic carbocycles. The molecule has 0 aliphatic heterocycles. The minimum absolute atomic E-state index is 0.0491. The van der Waals surface area contributed by atoms with E-state index in [1.807, 2.05) is 0 Å². The van der Waals surface area contributed by atoms with Gasteiger partial charge in [-0.05, 0) is 24.3 Å². The summed E-state index contributed by atoms with van der Waals surface area (Å²) in [6.45, 7) is 0.0491. The summed E-state index contributed by atoms with van der Waals surface area (Å²) in [5.74, 6) is -0.901. The van der Waals surface area contributed by atoms with Crippen LogP contribution in [0.15, 0.2) is 60.9 Å². The van der Waals surface area contributed by atoms with Gasteiger partial charge < -0.3 is 15.4 Å². The summed E-state index contributed by atoms with van der Waals surface area (Å²) < 4.78 is 18.3. The highest BCUT2D eigenvalue weighted by molar-refractivity contribution is 5.92.